The first-order chi connectivity index (χ1) is 6.69. The van der Waals surface area contributed by atoms with Crippen LogP contribution in [0.1, 0.15) is 36.5 Å². The molecule has 0 saturated carbocycles. The highest BCUT2D eigenvalue weighted by Crippen LogP contribution is 2.21. The molecule has 0 saturated heterocycles. The molecule has 0 radical (unpaired) electrons. The first-order valence-corrected chi connectivity index (χ1v) is 5.02. The highest BCUT2D eigenvalue weighted by atomic mass is 16.3. The van der Waals surface area contributed by atoms with Crippen molar-refractivity contribution in [2.45, 2.75) is 32.8 Å². The summed E-state index contributed by atoms with van der Waals surface area (Å²) in [6.45, 7) is 8.23. The number of allylic oxidation sites excluding steroid dienone is 1. The van der Waals surface area contributed by atoms with Gasteiger partial charge in [-0.1, -0.05) is 38.1 Å². The monoisotopic (exact) mass is 190 g/mol. The summed E-state index contributed by atoms with van der Waals surface area (Å²) in [6, 6.07) is 6.16. The number of hydrogen-bond acceptors (Lipinski definition) is 1. The van der Waals surface area contributed by atoms with Crippen molar-refractivity contribution in [3.8, 4) is 0 Å². The van der Waals surface area contributed by atoms with Crippen LogP contribution in [0.4, 0.5) is 0 Å². The minimum absolute atomic E-state index is 0.114. The number of aliphatic hydroxyl groups excluding tert-OH is 1. The molecule has 1 rings (SSSR count). The molecule has 0 aliphatic heterocycles. The quantitative estimate of drug-likeness (QED) is 0.723. The maximum absolute atomic E-state index is 9.03. The van der Waals surface area contributed by atoms with Crippen LogP contribution in [0, 0.1) is 0 Å². The topological polar surface area (TPSA) is 20.2 Å². The third-order valence-corrected chi connectivity index (χ3v) is 2.38. The van der Waals surface area contributed by atoms with Gasteiger partial charge in [0, 0.05) is 0 Å². The van der Waals surface area contributed by atoms with Gasteiger partial charge in [0.05, 0.1) is 6.61 Å². The Labute approximate surface area is 86.1 Å². The molecule has 0 amide bonds. The number of aliphatic hydroxyl groups is 1. The zero-order valence-corrected chi connectivity index (χ0v) is 8.96. The molecule has 1 N–H and O–H groups in total. The second-order valence-electron chi connectivity index (χ2n) is 3.84. The summed E-state index contributed by atoms with van der Waals surface area (Å²) >= 11 is 0. The minimum atomic E-state index is 0.114. The molecule has 0 fully saturated rings. The van der Waals surface area contributed by atoms with Gasteiger partial charge in [0.2, 0.25) is 0 Å². The van der Waals surface area contributed by atoms with Crippen molar-refractivity contribution in [1.82, 2.24) is 0 Å². The molecule has 0 aliphatic carbocycles. The van der Waals surface area contributed by atoms with Crippen molar-refractivity contribution in [3.05, 3.63) is 47.5 Å². The lowest BCUT2D eigenvalue weighted by molar-refractivity contribution is 0.281. The molecule has 0 aliphatic rings. The lowest BCUT2D eigenvalue weighted by Gasteiger charge is -2.12. The van der Waals surface area contributed by atoms with Crippen molar-refractivity contribution in [2.75, 3.05) is 0 Å². The van der Waals surface area contributed by atoms with Crippen LogP contribution in [0.5, 0.6) is 0 Å². The van der Waals surface area contributed by atoms with Crippen molar-refractivity contribution >= 4 is 0 Å². The second-order valence-corrected chi connectivity index (χ2v) is 3.84. The van der Waals surface area contributed by atoms with E-state index in [0.29, 0.717) is 5.92 Å². The molecule has 0 heterocycles. The van der Waals surface area contributed by atoms with Gasteiger partial charge >= 0.3 is 0 Å². The molecule has 0 spiro atoms. The van der Waals surface area contributed by atoms with E-state index in [4.69, 9.17) is 5.11 Å². The number of hydrogen-bond donors (Lipinski definition) is 1. The molecule has 1 aromatic rings. The van der Waals surface area contributed by atoms with E-state index >= 15 is 0 Å². The largest absolute Gasteiger partial charge is 0.392 e. The van der Waals surface area contributed by atoms with E-state index in [9.17, 15) is 0 Å². The van der Waals surface area contributed by atoms with Gasteiger partial charge in [-0.05, 0) is 29.0 Å². The standard InChI is InChI=1S/C13H18O/c1-4-5-12-8-11(9-14)6-7-13(12)10(2)3/h4,6-8,10,14H,1,5,9H2,2-3H3. The van der Waals surface area contributed by atoms with Crippen LogP contribution >= 0.6 is 0 Å². The highest BCUT2D eigenvalue weighted by molar-refractivity contribution is 5.35. The zero-order valence-electron chi connectivity index (χ0n) is 8.96. The summed E-state index contributed by atoms with van der Waals surface area (Å²) in [5.74, 6) is 0.526. The Balaban J connectivity index is 3.09. The van der Waals surface area contributed by atoms with Crippen LogP contribution in [0.25, 0.3) is 0 Å². The van der Waals surface area contributed by atoms with E-state index in [0.717, 1.165) is 12.0 Å². The third-order valence-electron chi connectivity index (χ3n) is 2.38. The summed E-state index contributed by atoms with van der Waals surface area (Å²) < 4.78 is 0. The Bertz CT molecular complexity index is 313. The average Bonchev–Trinajstić information content (AvgIpc) is 2.17. The number of benzene rings is 1. The fraction of sp³-hybridized carbons (Fsp3) is 0.385. The summed E-state index contributed by atoms with van der Waals surface area (Å²) in [4.78, 5) is 0. The van der Waals surface area contributed by atoms with Gasteiger partial charge in [-0.2, -0.15) is 0 Å². The van der Waals surface area contributed by atoms with E-state index in [1.165, 1.54) is 11.1 Å². The normalized spacial score (nSPS) is 10.6. The molecule has 14 heavy (non-hydrogen) atoms. The van der Waals surface area contributed by atoms with E-state index < -0.39 is 0 Å². The van der Waals surface area contributed by atoms with E-state index in [1.807, 2.05) is 12.1 Å². The van der Waals surface area contributed by atoms with Crippen LogP contribution in [-0.4, -0.2) is 5.11 Å². The summed E-state index contributed by atoms with van der Waals surface area (Å²) in [7, 11) is 0. The van der Waals surface area contributed by atoms with Gasteiger partial charge in [0.1, 0.15) is 0 Å². The lowest BCUT2D eigenvalue weighted by Crippen LogP contribution is -1.97. The Hall–Kier alpha value is -1.08. The molecule has 1 nitrogen and oxygen atoms in total. The van der Waals surface area contributed by atoms with Crippen LogP contribution in [0.3, 0.4) is 0 Å². The van der Waals surface area contributed by atoms with Gasteiger partial charge < -0.3 is 5.11 Å². The number of rotatable bonds is 4. The predicted molar refractivity (Wildman–Crippen MR) is 60.4 cm³/mol. The maximum atomic E-state index is 9.03. The molecule has 76 valence electrons. The second kappa shape index (κ2) is 4.97. The SMILES string of the molecule is C=CCc1cc(CO)ccc1C(C)C. The highest BCUT2D eigenvalue weighted by Gasteiger charge is 2.05. The Morgan fingerprint density at radius 3 is 2.64 bits per heavy atom. The van der Waals surface area contributed by atoms with Crippen LogP contribution < -0.4 is 0 Å². The molecule has 1 heteroatoms. The molecule has 0 bridgehead atoms. The fourth-order valence-corrected chi connectivity index (χ4v) is 1.65. The Morgan fingerprint density at radius 1 is 1.43 bits per heavy atom. The third kappa shape index (κ3) is 2.46. The summed E-state index contributed by atoms with van der Waals surface area (Å²) in [5, 5.41) is 9.03. The van der Waals surface area contributed by atoms with Gasteiger partial charge in [-0.3, -0.25) is 0 Å². The maximum Gasteiger partial charge on any atom is 0.0681 e. The Kier molecular flexibility index (Phi) is 3.90. The van der Waals surface area contributed by atoms with Crippen molar-refractivity contribution in [2.24, 2.45) is 0 Å². The minimum Gasteiger partial charge on any atom is -0.392 e. The fourth-order valence-electron chi connectivity index (χ4n) is 1.65. The van der Waals surface area contributed by atoms with Crippen LogP contribution in [-0.2, 0) is 13.0 Å². The average molecular weight is 190 g/mol. The molecular formula is C13H18O. The summed E-state index contributed by atoms with van der Waals surface area (Å²) in [6.07, 6.45) is 2.78. The zero-order chi connectivity index (χ0) is 10.6. The van der Waals surface area contributed by atoms with E-state index in [2.05, 4.69) is 32.6 Å². The van der Waals surface area contributed by atoms with Gasteiger partial charge in [0.25, 0.3) is 0 Å². The molecular weight excluding hydrogens is 172 g/mol. The Morgan fingerprint density at radius 2 is 2.14 bits per heavy atom. The van der Waals surface area contributed by atoms with E-state index in [-0.39, 0.29) is 6.61 Å². The smallest absolute Gasteiger partial charge is 0.0681 e. The van der Waals surface area contributed by atoms with Gasteiger partial charge in [-0.15, -0.1) is 6.58 Å². The van der Waals surface area contributed by atoms with Crippen molar-refractivity contribution in [3.63, 3.8) is 0 Å². The molecule has 1 aromatic carbocycles. The molecule has 0 atom stereocenters. The van der Waals surface area contributed by atoms with E-state index in [1.54, 1.807) is 0 Å². The first kappa shape index (κ1) is 11.0. The molecule has 0 aromatic heterocycles. The summed E-state index contributed by atoms with van der Waals surface area (Å²) in [5.41, 5.74) is 3.61. The predicted octanol–water partition coefficient (Wildman–Crippen LogP) is 3.03. The van der Waals surface area contributed by atoms with Gasteiger partial charge in [-0.25, -0.2) is 0 Å². The first-order valence-electron chi connectivity index (χ1n) is 5.02. The van der Waals surface area contributed by atoms with Crippen molar-refractivity contribution in [1.29, 1.82) is 0 Å². The van der Waals surface area contributed by atoms with Crippen LogP contribution in [0.2, 0.25) is 0 Å². The van der Waals surface area contributed by atoms with Crippen LogP contribution in [0.15, 0.2) is 30.9 Å². The van der Waals surface area contributed by atoms with Crippen molar-refractivity contribution < 1.29 is 5.11 Å². The van der Waals surface area contributed by atoms with Gasteiger partial charge in [0.15, 0.2) is 0 Å². The lowest BCUT2D eigenvalue weighted by atomic mass is 9.94. The molecule has 0 unspecified atom stereocenters.